The molecule has 2 aromatic rings. The molecule has 1 fully saturated rings. The molecule has 2 aromatic carbocycles. The number of imide groups is 1. The molecule has 1 heterocycles. The predicted octanol–water partition coefficient (Wildman–Crippen LogP) is 4.16. The van der Waals surface area contributed by atoms with E-state index in [9.17, 15) is 24.5 Å². The van der Waals surface area contributed by atoms with Crippen molar-refractivity contribution in [3.05, 3.63) is 74.7 Å². The van der Waals surface area contributed by atoms with E-state index >= 15 is 0 Å². The van der Waals surface area contributed by atoms with Crippen LogP contribution in [0.3, 0.4) is 0 Å². The van der Waals surface area contributed by atoms with Gasteiger partial charge in [0.15, 0.2) is 0 Å². The van der Waals surface area contributed by atoms with Gasteiger partial charge in [0, 0.05) is 12.1 Å². The monoisotopic (exact) mass is 456 g/mol. The molecule has 0 radical (unpaired) electrons. The van der Waals surface area contributed by atoms with Gasteiger partial charge in [-0.05, 0) is 67.1 Å². The van der Waals surface area contributed by atoms with Gasteiger partial charge in [0.2, 0.25) is 0 Å². The van der Waals surface area contributed by atoms with Crippen LogP contribution in [0, 0.1) is 10.1 Å². The second-order valence-electron chi connectivity index (χ2n) is 7.09. The van der Waals surface area contributed by atoms with Crippen LogP contribution in [0.1, 0.15) is 25.0 Å². The Morgan fingerprint density at radius 2 is 1.91 bits per heavy atom. The zero-order valence-corrected chi connectivity index (χ0v) is 18.2. The fourth-order valence-electron chi connectivity index (χ4n) is 2.79. The number of non-ortho nitro benzene ring substituents is 1. The fraction of sp³-hybridized carbons (Fsp3) is 0.227. The number of carbonyl (C=O) groups excluding carboxylic acids is 3. The molecule has 0 aromatic heterocycles. The maximum absolute atomic E-state index is 12.5. The standard InChI is InChI=1S/C22H20N2O7S/c1-14(2)31-20(25)12-23-21(26)19(32-22(23)27)11-16-4-3-5-18(10-16)30-13-15-6-8-17(9-7-15)24(28)29/h3-11,14H,12-13H2,1-2H3/b19-11-. The number of nitro benzene ring substituents is 1. The number of thioether (sulfide) groups is 1. The summed E-state index contributed by atoms with van der Waals surface area (Å²) in [5.74, 6) is -0.681. The molecule has 9 nitrogen and oxygen atoms in total. The average molecular weight is 456 g/mol. The van der Waals surface area contributed by atoms with Crippen molar-refractivity contribution in [3.8, 4) is 5.75 Å². The summed E-state index contributed by atoms with van der Waals surface area (Å²) in [6, 6.07) is 13.0. The minimum absolute atomic E-state index is 0.00200. The molecule has 0 unspecified atom stereocenters. The highest BCUT2D eigenvalue weighted by atomic mass is 32.2. The van der Waals surface area contributed by atoms with Crippen molar-refractivity contribution in [1.82, 2.24) is 4.90 Å². The first-order chi connectivity index (χ1) is 15.2. The Morgan fingerprint density at radius 1 is 1.19 bits per heavy atom. The van der Waals surface area contributed by atoms with Gasteiger partial charge in [-0.1, -0.05) is 12.1 Å². The van der Waals surface area contributed by atoms with Crippen LogP contribution in [0.15, 0.2) is 53.4 Å². The van der Waals surface area contributed by atoms with E-state index in [0.717, 1.165) is 22.2 Å². The van der Waals surface area contributed by atoms with Crippen molar-refractivity contribution in [1.29, 1.82) is 0 Å². The summed E-state index contributed by atoms with van der Waals surface area (Å²) in [5, 5.41) is 10.2. The largest absolute Gasteiger partial charge is 0.489 e. The number of hydrogen-bond acceptors (Lipinski definition) is 8. The van der Waals surface area contributed by atoms with Crippen molar-refractivity contribution in [2.24, 2.45) is 0 Å². The fourth-order valence-corrected chi connectivity index (χ4v) is 3.63. The van der Waals surface area contributed by atoms with Crippen LogP contribution in [0.4, 0.5) is 10.5 Å². The Morgan fingerprint density at radius 3 is 2.56 bits per heavy atom. The lowest BCUT2D eigenvalue weighted by Crippen LogP contribution is -2.35. The minimum atomic E-state index is -0.648. The number of esters is 1. The second-order valence-corrected chi connectivity index (χ2v) is 8.08. The minimum Gasteiger partial charge on any atom is -0.489 e. The van der Waals surface area contributed by atoms with Crippen LogP contribution in [0.5, 0.6) is 5.75 Å². The van der Waals surface area contributed by atoms with Crippen molar-refractivity contribution < 1.29 is 28.8 Å². The molecule has 0 aliphatic carbocycles. The first-order valence-electron chi connectivity index (χ1n) is 9.64. The lowest BCUT2D eigenvalue weighted by atomic mass is 10.2. The molecule has 0 saturated carbocycles. The number of benzene rings is 2. The summed E-state index contributed by atoms with van der Waals surface area (Å²) in [4.78, 5) is 47.8. The summed E-state index contributed by atoms with van der Waals surface area (Å²) >= 11 is 0.752. The van der Waals surface area contributed by atoms with Crippen molar-refractivity contribution in [3.63, 3.8) is 0 Å². The van der Waals surface area contributed by atoms with Gasteiger partial charge in [0.1, 0.15) is 18.9 Å². The number of nitrogens with zero attached hydrogens (tertiary/aromatic N) is 2. The molecule has 2 amide bonds. The van der Waals surface area contributed by atoms with E-state index in [2.05, 4.69) is 0 Å². The Bertz CT molecular complexity index is 1080. The van der Waals surface area contributed by atoms with Crippen LogP contribution in [0.2, 0.25) is 0 Å². The summed E-state index contributed by atoms with van der Waals surface area (Å²) in [6.07, 6.45) is 1.21. The maximum Gasteiger partial charge on any atom is 0.326 e. The predicted molar refractivity (Wildman–Crippen MR) is 118 cm³/mol. The Kier molecular flexibility index (Phi) is 7.26. The third-order valence-electron chi connectivity index (χ3n) is 4.24. The molecular formula is C22H20N2O7S. The third kappa shape index (κ3) is 5.94. The number of carbonyl (C=O) groups is 3. The topological polar surface area (TPSA) is 116 Å². The molecule has 0 N–H and O–H groups in total. The summed E-state index contributed by atoms with van der Waals surface area (Å²) in [7, 11) is 0. The molecule has 166 valence electrons. The highest BCUT2D eigenvalue weighted by Gasteiger charge is 2.36. The average Bonchev–Trinajstić information content (AvgIpc) is 2.99. The van der Waals surface area contributed by atoms with E-state index < -0.39 is 28.6 Å². The highest BCUT2D eigenvalue weighted by molar-refractivity contribution is 8.18. The first-order valence-corrected chi connectivity index (χ1v) is 10.5. The number of rotatable bonds is 8. The van der Waals surface area contributed by atoms with Gasteiger partial charge in [-0.3, -0.25) is 29.4 Å². The van der Waals surface area contributed by atoms with E-state index in [0.29, 0.717) is 11.3 Å². The first kappa shape index (κ1) is 23.0. The van der Waals surface area contributed by atoms with Gasteiger partial charge in [-0.15, -0.1) is 0 Å². The van der Waals surface area contributed by atoms with Gasteiger partial charge in [0.05, 0.1) is 15.9 Å². The number of amides is 2. The van der Waals surface area contributed by atoms with E-state index in [1.54, 1.807) is 56.3 Å². The number of nitro groups is 1. The molecule has 0 atom stereocenters. The highest BCUT2D eigenvalue weighted by Crippen LogP contribution is 2.32. The van der Waals surface area contributed by atoms with Gasteiger partial charge >= 0.3 is 5.97 Å². The molecule has 3 rings (SSSR count). The summed E-state index contributed by atoms with van der Waals surface area (Å²) in [5.41, 5.74) is 1.40. The molecule has 0 spiro atoms. The molecular weight excluding hydrogens is 436 g/mol. The second kappa shape index (κ2) is 10.1. The zero-order valence-electron chi connectivity index (χ0n) is 17.3. The lowest BCUT2D eigenvalue weighted by Gasteiger charge is -2.13. The van der Waals surface area contributed by atoms with Crippen LogP contribution < -0.4 is 4.74 Å². The smallest absolute Gasteiger partial charge is 0.326 e. The van der Waals surface area contributed by atoms with Gasteiger partial charge in [-0.25, -0.2) is 0 Å². The zero-order chi connectivity index (χ0) is 23.3. The van der Waals surface area contributed by atoms with E-state index in [4.69, 9.17) is 9.47 Å². The van der Waals surface area contributed by atoms with E-state index in [1.807, 2.05) is 0 Å². The number of ether oxygens (including phenoxy) is 2. The van der Waals surface area contributed by atoms with Gasteiger partial charge in [-0.2, -0.15) is 0 Å². The van der Waals surface area contributed by atoms with E-state index in [-0.39, 0.29) is 23.3 Å². The molecule has 32 heavy (non-hydrogen) atoms. The van der Waals surface area contributed by atoms with Gasteiger partial charge in [0.25, 0.3) is 16.8 Å². The van der Waals surface area contributed by atoms with Crippen molar-refractivity contribution in [2.75, 3.05) is 6.54 Å². The van der Waals surface area contributed by atoms with E-state index in [1.165, 1.54) is 12.1 Å². The normalized spacial score (nSPS) is 14.8. The molecule has 1 saturated heterocycles. The van der Waals surface area contributed by atoms with Crippen LogP contribution in [0.25, 0.3) is 6.08 Å². The SMILES string of the molecule is CC(C)OC(=O)CN1C(=O)S/C(=C\c2cccc(OCc3ccc([N+](=O)[O-])cc3)c2)C1=O. The summed E-state index contributed by atoms with van der Waals surface area (Å²) < 4.78 is 10.7. The Hall–Kier alpha value is -3.66. The number of hydrogen-bond donors (Lipinski definition) is 0. The van der Waals surface area contributed by atoms with Crippen molar-refractivity contribution in [2.45, 2.75) is 26.6 Å². The van der Waals surface area contributed by atoms with Crippen molar-refractivity contribution >= 4 is 40.6 Å². The molecule has 10 heteroatoms. The van der Waals surface area contributed by atoms with Crippen LogP contribution in [-0.4, -0.2) is 39.6 Å². The Labute approximate surface area is 188 Å². The van der Waals surface area contributed by atoms with Crippen LogP contribution >= 0.6 is 11.8 Å². The molecule has 0 bridgehead atoms. The van der Waals surface area contributed by atoms with Crippen LogP contribution in [-0.2, 0) is 20.9 Å². The molecule has 1 aliphatic rings. The Balaban J connectivity index is 1.65. The maximum atomic E-state index is 12.5. The summed E-state index contributed by atoms with van der Waals surface area (Å²) in [6.45, 7) is 3.14. The quantitative estimate of drug-likeness (QED) is 0.252. The lowest BCUT2D eigenvalue weighted by molar-refractivity contribution is -0.384. The molecule has 1 aliphatic heterocycles. The third-order valence-corrected chi connectivity index (χ3v) is 5.14. The van der Waals surface area contributed by atoms with Gasteiger partial charge < -0.3 is 9.47 Å².